The molecule has 0 atom stereocenters. The molecule has 1 aliphatic heterocycles. The molecule has 0 spiro atoms. The van der Waals surface area contributed by atoms with Crippen molar-refractivity contribution >= 4 is 39.2 Å². The van der Waals surface area contributed by atoms with Gasteiger partial charge in [-0.1, -0.05) is 12.1 Å². The molecule has 1 amide bonds. The lowest BCUT2D eigenvalue weighted by atomic mass is 10.1. The SMILES string of the molecule is CCOc1cccc2c1OCC(C(=O)N(C)Cc1cc(Br)cs1)=C2. The van der Waals surface area contributed by atoms with E-state index in [4.69, 9.17) is 9.47 Å². The lowest BCUT2D eigenvalue weighted by molar-refractivity contribution is -0.126. The van der Waals surface area contributed by atoms with Crippen molar-refractivity contribution in [1.82, 2.24) is 4.90 Å². The van der Waals surface area contributed by atoms with Crippen LogP contribution in [0.3, 0.4) is 0 Å². The standard InChI is InChI=1S/C18H18BrNO3S/c1-3-22-16-6-4-5-12-7-13(10-23-17(12)16)18(21)20(2)9-15-8-14(19)11-24-15/h4-8,11H,3,9-10H2,1-2H3. The van der Waals surface area contributed by atoms with Crippen molar-refractivity contribution in [3.05, 3.63) is 50.1 Å². The lowest BCUT2D eigenvalue weighted by Gasteiger charge is -2.23. The fraction of sp³-hybridized carbons (Fsp3) is 0.278. The molecular formula is C18H18BrNO3S. The second-order valence-electron chi connectivity index (χ2n) is 5.46. The molecule has 3 rings (SSSR count). The number of thiophene rings is 1. The van der Waals surface area contributed by atoms with Crippen molar-refractivity contribution in [3.63, 3.8) is 0 Å². The first-order chi connectivity index (χ1) is 11.6. The molecule has 4 nitrogen and oxygen atoms in total. The van der Waals surface area contributed by atoms with Crippen LogP contribution in [0.5, 0.6) is 11.5 Å². The largest absolute Gasteiger partial charge is 0.490 e. The summed E-state index contributed by atoms with van der Waals surface area (Å²) >= 11 is 5.07. The van der Waals surface area contributed by atoms with Gasteiger partial charge in [-0.15, -0.1) is 11.3 Å². The number of fused-ring (bicyclic) bond motifs is 1. The van der Waals surface area contributed by atoms with Crippen molar-refractivity contribution in [2.45, 2.75) is 13.5 Å². The van der Waals surface area contributed by atoms with Crippen molar-refractivity contribution in [3.8, 4) is 11.5 Å². The van der Waals surface area contributed by atoms with E-state index >= 15 is 0 Å². The summed E-state index contributed by atoms with van der Waals surface area (Å²) in [5.74, 6) is 1.40. The maximum absolute atomic E-state index is 12.7. The van der Waals surface area contributed by atoms with Crippen molar-refractivity contribution in [1.29, 1.82) is 0 Å². The molecule has 126 valence electrons. The zero-order valence-electron chi connectivity index (χ0n) is 13.5. The third-order valence-corrected chi connectivity index (χ3v) is 5.33. The van der Waals surface area contributed by atoms with Crippen LogP contribution in [0, 0.1) is 0 Å². The average Bonchev–Trinajstić information content (AvgIpc) is 2.99. The van der Waals surface area contributed by atoms with Crippen molar-refractivity contribution < 1.29 is 14.3 Å². The van der Waals surface area contributed by atoms with Crippen LogP contribution in [0.25, 0.3) is 6.08 Å². The molecule has 1 aliphatic rings. The normalized spacial score (nSPS) is 12.9. The molecule has 24 heavy (non-hydrogen) atoms. The van der Waals surface area contributed by atoms with Gasteiger partial charge < -0.3 is 14.4 Å². The Hall–Kier alpha value is -1.79. The van der Waals surface area contributed by atoms with Crippen LogP contribution in [0.4, 0.5) is 0 Å². The fourth-order valence-electron chi connectivity index (χ4n) is 2.56. The number of hydrogen-bond donors (Lipinski definition) is 0. The maximum Gasteiger partial charge on any atom is 0.253 e. The highest BCUT2D eigenvalue weighted by Gasteiger charge is 2.22. The topological polar surface area (TPSA) is 38.8 Å². The van der Waals surface area contributed by atoms with Crippen molar-refractivity contribution in [2.75, 3.05) is 20.3 Å². The van der Waals surface area contributed by atoms with E-state index in [1.807, 2.05) is 49.7 Å². The molecule has 2 aromatic rings. The van der Waals surface area contributed by atoms with Gasteiger partial charge in [0.15, 0.2) is 11.5 Å². The van der Waals surface area contributed by atoms with E-state index in [-0.39, 0.29) is 12.5 Å². The van der Waals surface area contributed by atoms with Crippen LogP contribution in [-0.2, 0) is 11.3 Å². The minimum absolute atomic E-state index is 0.0213. The first-order valence-corrected chi connectivity index (χ1v) is 9.33. The number of rotatable bonds is 5. The molecule has 0 radical (unpaired) electrons. The highest BCUT2D eigenvalue weighted by atomic mass is 79.9. The molecule has 0 bridgehead atoms. The van der Waals surface area contributed by atoms with Crippen molar-refractivity contribution in [2.24, 2.45) is 0 Å². The van der Waals surface area contributed by atoms with Crippen LogP contribution >= 0.6 is 27.3 Å². The number of benzene rings is 1. The van der Waals surface area contributed by atoms with Crippen LogP contribution in [0.15, 0.2) is 39.7 Å². The minimum Gasteiger partial charge on any atom is -0.490 e. The predicted octanol–water partition coefficient (Wildman–Crippen LogP) is 4.34. The van der Waals surface area contributed by atoms with Gasteiger partial charge in [-0.2, -0.15) is 0 Å². The van der Waals surface area contributed by atoms with Gasteiger partial charge in [0.1, 0.15) is 6.61 Å². The predicted molar refractivity (Wildman–Crippen MR) is 99.6 cm³/mol. The second-order valence-corrected chi connectivity index (χ2v) is 7.37. The number of ether oxygens (including phenoxy) is 2. The summed E-state index contributed by atoms with van der Waals surface area (Å²) in [7, 11) is 1.81. The van der Waals surface area contributed by atoms with E-state index < -0.39 is 0 Å². The Morgan fingerprint density at radius 2 is 2.29 bits per heavy atom. The first kappa shape index (κ1) is 17.0. The molecule has 1 aromatic carbocycles. The summed E-state index contributed by atoms with van der Waals surface area (Å²) < 4.78 is 12.4. The van der Waals surface area contributed by atoms with E-state index in [0.29, 0.717) is 24.5 Å². The number of carbonyl (C=O) groups excluding carboxylic acids is 1. The van der Waals surface area contributed by atoms with E-state index in [9.17, 15) is 4.79 Å². The molecule has 2 heterocycles. The first-order valence-electron chi connectivity index (χ1n) is 7.66. The molecule has 0 fully saturated rings. The molecule has 0 saturated heterocycles. The minimum atomic E-state index is -0.0213. The Kier molecular flexibility index (Phi) is 5.26. The monoisotopic (exact) mass is 407 g/mol. The molecule has 0 aliphatic carbocycles. The number of likely N-dealkylation sites (N-methyl/N-ethyl adjacent to an activating group) is 1. The third-order valence-electron chi connectivity index (χ3n) is 3.65. The number of halogens is 1. The van der Waals surface area contributed by atoms with Crippen LogP contribution < -0.4 is 9.47 Å². The zero-order chi connectivity index (χ0) is 17.1. The summed E-state index contributed by atoms with van der Waals surface area (Å²) in [6.07, 6.45) is 1.89. The van der Waals surface area contributed by atoms with E-state index in [1.165, 1.54) is 0 Å². The molecule has 1 aromatic heterocycles. The molecular weight excluding hydrogens is 390 g/mol. The number of hydrogen-bond acceptors (Lipinski definition) is 4. The number of carbonyl (C=O) groups is 1. The summed E-state index contributed by atoms with van der Waals surface area (Å²) in [6, 6.07) is 7.75. The van der Waals surface area contributed by atoms with Crippen LogP contribution in [0.1, 0.15) is 17.4 Å². The summed E-state index contributed by atoms with van der Waals surface area (Å²) in [5, 5.41) is 2.02. The van der Waals surface area contributed by atoms with Gasteiger partial charge in [0.2, 0.25) is 0 Å². The second kappa shape index (κ2) is 7.40. The van der Waals surface area contributed by atoms with E-state index in [0.717, 1.165) is 20.7 Å². The summed E-state index contributed by atoms with van der Waals surface area (Å²) in [5.41, 5.74) is 1.53. The van der Waals surface area contributed by atoms with Gasteiger partial charge in [0.05, 0.1) is 18.7 Å². The number of amides is 1. The van der Waals surface area contributed by atoms with Gasteiger partial charge in [0.25, 0.3) is 5.91 Å². The quantitative estimate of drug-likeness (QED) is 0.739. The Labute approximate surface area is 153 Å². The Morgan fingerprint density at radius 1 is 1.46 bits per heavy atom. The fourth-order valence-corrected chi connectivity index (χ4v) is 4.06. The highest BCUT2D eigenvalue weighted by molar-refractivity contribution is 9.10. The summed E-state index contributed by atoms with van der Waals surface area (Å²) in [4.78, 5) is 15.5. The Balaban J connectivity index is 1.77. The molecule has 0 saturated carbocycles. The molecule has 0 N–H and O–H groups in total. The zero-order valence-corrected chi connectivity index (χ0v) is 15.9. The summed E-state index contributed by atoms with van der Waals surface area (Å²) in [6.45, 7) is 3.35. The average molecular weight is 408 g/mol. The maximum atomic E-state index is 12.7. The Morgan fingerprint density at radius 3 is 3.00 bits per heavy atom. The Bertz CT molecular complexity index is 784. The van der Waals surface area contributed by atoms with Gasteiger partial charge >= 0.3 is 0 Å². The third kappa shape index (κ3) is 3.65. The van der Waals surface area contributed by atoms with Gasteiger partial charge in [-0.3, -0.25) is 4.79 Å². The number of nitrogens with zero attached hydrogens (tertiary/aromatic N) is 1. The highest BCUT2D eigenvalue weighted by Crippen LogP contribution is 2.36. The molecule has 6 heteroatoms. The van der Waals surface area contributed by atoms with Gasteiger partial charge in [0, 0.05) is 27.3 Å². The van der Waals surface area contributed by atoms with Crippen LogP contribution in [-0.4, -0.2) is 31.1 Å². The van der Waals surface area contributed by atoms with E-state index in [1.54, 1.807) is 16.2 Å². The van der Waals surface area contributed by atoms with E-state index in [2.05, 4.69) is 15.9 Å². The van der Waals surface area contributed by atoms with Crippen LogP contribution in [0.2, 0.25) is 0 Å². The van der Waals surface area contributed by atoms with Gasteiger partial charge in [-0.05, 0) is 41.1 Å². The van der Waals surface area contributed by atoms with Gasteiger partial charge in [-0.25, -0.2) is 0 Å². The molecule has 0 unspecified atom stereocenters. The smallest absolute Gasteiger partial charge is 0.253 e. The lowest BCUT2D eigenvalue weighted by Crippen LogP contribution is -2.30. The number of para-hydroxylation sites is 1.